The van der Waals surface area contributed by atoms with Crippen LogP contribution in [0.15, 0.2) is 0 Å². The van der Waals surface area contributed by atoms with E-state index in [2.05, 4.69) is 5.32 Å². The van der Waals surface area contributed by atoms with Crippen molar-refractivity contribution in [3.05, 3.63) is 0 Å². The van der Waals surface area contributed by atoms with Crippen LogP contribution >= 0.6 is 0 Å². The second-order valence-electron chi connectivity index (χ2n) is 5.10. The van der Waals surface area contributed by atoms with Crippen LogP contribution in [-0.2, 0) is 14.3 Å². The molecule has 1 aliphatic carbocycles. The number of rotatable bonds is 10. The molecule has 0 aromatic carbocycles. The fraction of sp³-hybridized carbons (Fsp3) is 0.923. The fourth-order valence-electron chi connectivity index (χ4n) is 2.16. The third kappa shape index (κ3) is 4.23. The van der Waals surface area contributed by atoms with Crippen molar-refractivity contribution in [3.8, 4) is 0 Å². The van der Waals surface area contributed by atoms with Crippen LogP contribution in [-0.4, -0.2) is 49.1 Å². The van der Waals surface area contributed by atoms with Gasteiger partial charge in [-0.15, -0.1) is 0 Å². The van der Waals surface area contributed by atoms with E-state index in [1.54, 1.807) is 0 Å². The van der Waals surface area contributed by atoms with Crippen LogP contribution in [0.25, 0.3) is 0 Å². The van der Waals surface area contributed by atoms with Gasteiger partial charge in [-0.2, -0.15) is 0 Å². The molecule has 0 bridgehead atoms. The smallest absolute Gasteiger partial charge is 0.326 e. The number of carbonyl (C=O) groups is 1. The molecule has 0 heterocycles. The van der Waals surface area contributed by atoms with Crippen LogP contribution in [0, 0.1) is 5.92 Å². The molecule has 2 N–H and O–H groups in total. The molecule has 1 aliphatic rings. The number of aliphatic carboxylic acids is 1. The summed E-state index contributed by atoms with van der Waals surface area (Å²) in [7, 11) is 0. The minimum absolute atomic E-state index is 0.122. The maximum absolute atomic E-state index is 11.6. The van der Waals surface area contributed by atoms with Gasteiger partial charge in [-0.05, 0) is 39.5 Å². The van der Waals surface area contributed by atoms with Crippen LogP contribution in [0.3, 0.4) is 0 Å². The molecule has 5 nitrogen and oxygen atoms in total. The molecule has 5 heteroatoms. The SMILES string of the molecule is CCOCCOCC(NC(C)C)(C(=O)O)C1CC1. The lowest BCUT2D eigenvalue weighted by Crippen LogP contribution is -2.59. The number of nitrogens with one attached hydrogen (secondary N) is 1. The number of carboxylic acid groups (broad SMARTS) is 1. The quantitative estimate of drug-likeness (QED) is 0.578. The van der Waals surface area contributed by atoms with Crippen LogP contribution in [0.1, 0.15) is 33.6 Å². The normalized spacial score (nSPS) is 18.9. The predicted octanol–water partition coefficient (Wildman–Crippen LogP) is 1.27. The maximum Gasteiger partial charge on any atom is 0.326 e. The van der Waals surface area contributed by atoms with E-state index in [4.69, 9.17) is 9.47 Å². The summed E-state index contributed by atoms with van der Waals surface area (Å²) >= 11 is 0. The van der Waals surface area contributed by atoms with Crippen molar-refractivity contribution >= 4 is 5.97 Å². The van der Waals surface area contributed by atoms with Crippen molar-refractivity contribution in [2.45, 2.75) is 45.2 Å². The Hall–Kier alpha value is -0.650. The Kier molecular flexibility index (Phi) is 6.05. The van der Waals surface area contributed by atoms with Crippen LogP contribution < -0.4 is 5.32 Å². The highest BCUT2D eigenvalue weighted by Gasteiger charge is 2.51. The van der Waals surface area contributed by atoms with Crippen LogP contribution in [0.5, 0.6) is 0 Å². The molecule has 1 unspecified atom stereocenters. The lowest BCUT2D eigenvalue weighted by Gasteiger charge is -2.32. The molecular formula is C13H25NO4. The van der Waals surface area contributed by atoms with Gasteiger partial charge in [0.05, 0.1) is 19.8 Å². The highest BCUT2D eigenvalue weighted by atomic mass is 16.5. The summed E-state index contributed by atoms with van der Waals surface area (Å²) in [6.45, 7) is 7.65. The molecule has 0 saturated heterocycles. The summed E-state index contributed by atoms with van der Waals surface area (Å²) in [4.78, 5) is 11.6. The summed E-state index contributed by atoms with van der Waals surface area (Å²) in [5.74, 6) is -0.625. The maximum atomic E-state index is 11.6. The molecule has 0 spiro atoms. The summed E-state index contributed by atoms with van der Waals surface area (Å²) in [5.41, 5.74) is -0.930. The largest absolute Gasteiger partial charge is 0.480 e. The Morgan fingerprint density at radius 2 is 2.00 bits per heavy atom. The van der Waals surface area contributed by atoms with E-state index in [9.17, 15) is 9.90 Å². The zero-order valence-electron chi connectivity index (χ0n) is 11.6. The second-order valence-corrected chi connectivity index (χ2v) is 5.10. The minimum Gasteiger partial charge on any atom is -0.480 e. The van der Waals surface area contributed by atoms with E-state index in [1.807, 2.05) is 20.8 Å². The molecule has 0 radical (unpaired) electrons. The highest BCUT2D eigenvalue weighted by molar-refractivity contribution is 5.80. The van der Waals surface area contributed by atoms with Crippen molar-refractivity contribution in [1.82, 2.24) is 5.32 Å². The number of ether oxygens (including phenoxy) is 2. The molecule has 0 amide bonds. The van der Waals surface area contributed by atoms with E-state index in [0.29, 0.717) is 19.8 Å². The average molecular weight is 259 g/mol. The van der Waals surface area contributed by atoms with Gasteiger partial charge in [-0.25, -0.2) is 0 Å². The zero-order valence-corrected chi connectivity index (χ0v) is 11.6. The number of carboxylic acids is 1. The van der Waals surface area contributed by atoms with Gasteiger partial charge >= 0.3 is 5.97 Å². The highest BCUT2D eigenvalue weighted by Crippen LogP contribution is 2.40. The number of hydrogen-bond donors (Lipinski definition) is 2. The second kappa shape index (κ2) is 7.07. The summed E-state index contributed by atoms with van der Waals surface area (Å²) in [6.07, 6.45) is 1.92. The van der Waals surface area contributed by atoms with Crippen LogP contribution in [0.4, 0.5) is 0 Å². The van der Waals surface area contributed by atoms with Crippen molar-refractivity contribution in [2.24, 2.45) is 5.92 Å². The summed E-state index contributed by atoms with van der Waals surface area (Å²) < 4.78 is 10.7. The van der Waals surface area contributed by atoms with E-state index < -0.39 is 11.5 Å². The summed E-state index contributed by atoms with van der Waals surface area (Å²) in [6, 6.07) is 0.122. The third-order valence-electron chi connectivity index (χ3n) is 3.11. The molecule has 106 valence electrons. The molecular weight excluding hydrogens is 234 g/mol. The van der Waals surface area contributed by atoms with Gasteiger partial charge in [-0.1, -0.05) is 0 Å². The first-order valence-electron chi connectivity index (χ1n) is 6.69. The van der Waals surface area contributed by atoms with Gasteiger partial charge in [0.1, 0.15) is 5.54 Å². The van der Waals surface area contributed by atoms with Gasteiger partial charge in [0.15, 0.2) is 0 Å². The molecule has 0 aromatic rings. The third-order valence-corrected chi connectivity index (χ3v) is 3.11. The molecule has 0 aromatic heterocycles. The van der Waals surface area contributed by atoms with E-state index >= 15 is 0 Å². The molecule has 1 fully saturated rings. The standard InChI is InChI=1S/C13H25NO4/c1-4-17-7-8-18-9-13(12(15)16,11-5-6-11)14-10(2)3/h10-11,14H,4-9H2,1-3H3,(H,15,16). The Balaban J connectivity index is 2.50. The fourth-order valence-corrected chi connectivity index (χ4v) is 2.16. The summed E-state index contributed by atoms with van der Waals surface area (Å²) in [5, 5.41) is 12.7. The van der Waals surface area contributed by atoms with Gasteiger partial charge in [0, 0.05) is 12.6 Å². The first-order chi connectivity index (χ1) is 8.53. The predicted molar refractivity (Wildman–Crippen MR) is 68.7 cm³/mol. The Bertz CT molecular complexity index is 266. The van der Waals surface area contributed by atoms with Gasteiger partial charge in [0.25, 0.3) is 0 Å². The number of hydrogen-bond acceptors (Lipinski definition) is 4. The molecule has 1 rings (SSSR count). The molecule has 1 saturated carbocycles. The average Bonchev–Trinajstić information content (AvgIpc) is 3.10. The Morgan fingerprint density at radius 1 is 1.39 bits per heavy atom. The van der Waals surface area contributed by atoms with E-state index in [1.165, 1.54) is 0 Å². The topological polar surface area (TPSA) is 67.8 Å². The van der Waals surface area contributed by atoms with Gasteiger partial charge in [0.2, 0.25) is 0 Å². The Labute approximate surface area is 109 Å². The van der Waals surface area contributed by atoms with Crippen molar-refractivity contribution in [2.75, 3.05) is 26.4 Å². The lowest BCUT2D eigenvalue weighted by atomic mass is 9.93. The van der Waals surface area contributed by atoms with E-state index in [-0.39, 0.29) is 18.6 Å². The monoisotopic (exact) mass is 259 g/mol. The lowest BCUT2D eigenvalue weighted by molar-refractivity contribution is -0.150. The minimum atomic E-state index is -0.930. The van der Waals surface area contributed by atoms with E-state index in [0.717, 1.165) is 12.8 Å². The van der Waals surface area contributed by atoms with Crippen molar-refractivity contribution < 1.29 is 19.4 Å². The van der Waals surface area contributed by atoms with Gasteiger partial charge < -0.3 is 14.6 Å². The Morgan fingerprint density at radius 3 is 2.44 bits per heavy atom. The first kappa shape index (κ1) is 15.4. The van der Waals surface area contributed by atoms with Crippen molar-refractivity contribution in [1.29, 1.82) is 0 Å². The first-order valence-corrected chi connectivity index (χ1v) is 6.69. The molecule has 18 heavy (non-hydrogen) atoms. The van der Waals surface area contributed by atoms with Gasteiger partial charge in [-0.3, -0.25) is 10.1 Å². The van der Waals surface area contributed by atoms with Crippen LogP contribution in [0.2, 0.25) is 0 Å². The van der Waals surface area contributed by atoms with Crippen molar-refractivity contribution in [3.63, 3.8) is 0 Å². The molecule has 1 atom stereocenters. The molecule has 0 aliphatic heterocycles. The zero-order chi connectivity index (χ0) is 13.6.